The van der Waals surface area contributed by atoms with Crippen molar-refractivity contribution in [2.24, 2.45) is 11.6 Å². The molecule has 0 amide bonds. The summed E-state index contributed by atoms with van der Waals surface area (Å²) in [6.07, 6.45) is 1.83. The molecule has 2 rings (SSSR count). The Morgan fingerprint density at radius 2 is 1.81 bits per heavy atom. The second-order valence-electron chi connectivity index (χ2n) is 5.54. The van der Waals surface area contributed by atoms with Crippen molar-refractivity contribution in [2.75, 3.05) is 24.6 Å². The van der Waals surface area contributed by atoms with Crippen LogP contribution >= 0.6 is 35.0 Å². The molecule has 152 valence electrons. The molecule has 0 spiro atoms. The normalized spacial score (nSPS) is 15.4. The molecule has 1 heterocycles. The number of piperidine rings is 1. The number of rotatable bonds is 6. The molecule has 0 atom stereocenters. The van der Waals surface area contributed by atoms with Crippen molar-refractivity contribution < 1.29 is 9.53 Å². The van der Waals surface area contributed by atoms with Gasteiger partial charge in [0.2, 0.25) is 0 Å². The zero-order valence-electron chi connectivity index (χ0n) is 15.9. The molecule has 1 aromatic rings. The molecule has 1 fully saturated rings. The zero-order chi connectivity index (χ0) is 20.4. The maximum absolute atomic E-state index is 11.8. The van der Waals surface area contributed by atoms with Gasteiger partial charge in [0.25, 0.3) is 0 Å². The van der Waals surface area contributed by atoms with Crippen LogP contribution in [0.25, 0.3) is 0 Å². The van der Waals surface area contributed by atoms with E-state index in [1.807, 2.05) is 26.0 Å². The summed E-state index contributed by atoms with van der Waals surface area (Å²) in [6, 6.07) is 5.54. The summed E-state index contributed by atoms with van der Waals surface area (Å²) in [5, 5.41) is 1.90. The zero-order valence-corrected chi connectivity index (χ0v) is 18.3. The summed E-state index contributed by atoms with van der Waals surface area (Å²) in [5.41, 5.74) is 9.49. The van der Waals surface area contributed by atoms with Gasteiger partial charge in [-0.05, 0) is 38.0 Å². The van der Waals surface area contributed by atoms with Gasteiger partial charge < -0.3 is 20.8 Å². The predicted octanol–water partition coefficient (Wildman–Crippen LogP) is 3.88. The van der Waals surface area contributed by atoms with Gasteiger partial charge in [0.15, 0.2) is 5.70 Å². The third-order valence-electron chi connectivity index (χ3n) is 3.82. The van der Waals surface area contributed by atoms with Gasteiger partial charge in [-0.1, -0.05) is 37.0 Å². The third-order valence-corrected chi connectivity index (χ3v) is 5.52. The Bertz CT molecular complexity index is 630. The van der Waals surface area contributed by atoms with Gasteiger partial charge in [-0.3, -0.25) is 5.84 Å². The van der Waals surface area contributed by atoms with Gasteiger partial charge in [-0.2, -0.15) is 0 Å². The van der Waals surface area contributed by atoms with Crippen LogP contribution in [0.5, 0.6) is 0 Å². The largest absolute Gasteiger partial charge is 0.461 e. The van der Waals surface area contributed by atoms with Crippen LogP contribution in [0.3, 0.4) is 0 Å². The second-order valence-corrected chi connectivity index (χ2v) is 7.75. The summed E-state index contributed by atoms with van der Waals surface area (Å²) < 4.78 is 4.94. The van der Waals surface area contributed by atoms with Crippen LogP contribution in [0, 0.1) is 0 Å². The Morgan fingerprint density at radius 3 is 2.30 bits per heavy atom. The van der Waals surface area contributed by atoms with Crippen molar-refractivity contribution in [2.45, 2.75) is 38.9 Å². The van der Waals surface area contributed by atoms with Gasteiger partial charge >= 0.3 is 5.97 Å². The number of carbonyl (C=O) groups is 1. The maximum atomic E-state index is 11.8. The van der Waals surface area contributed by atoms with E-state index >= 15 is 0 Å². The number of nitrogens with zero attached hydrogens (tertiary/aromatic N) is 1. The Hall–Kier alpha value is -1.28. The quantitative estimate of drug-likeness (QED) is 0.270. The van der Waals surface area contributed by atoms with Crippen LogP contribution in [0.1, 0.15) is 33.6 Å². The number of hydrazine groups is 1. The number of nitrogens with one attached hydrogen (secondary N) is 1. The second kappa shape index (κ2) is 12.2. The van der Waals surface area contributed by atoms with E-state index in [-0.39, 0.29) is 12.3 Å². The van der Waals surface area contributed by atoms with Crippen molar-refractivity contribution in [1.82, 2.24) is 5.43 Å². The minimum absolute atomic E-state index is 0.107. The molecule has 6 nitrogen and oxygen atoms in total. The molecule has 0 aromatic heterocycles. The molecule has 0 saturated carbocycles. The summed E-state index contributed by atoms with van der Waals surface area (Å²) in [6.45, 7) is 7.70. The number of carbonyl (C=O) groups excluding carboxylic acids is 1. The Morgan fingerprint density at radius 1 is 1.26 bits per heavy atom. The Labute approximate surface area is 175 Å². The van der Waals surface area contributed by atoms with Crippen LogP contribution in [-0.4, -0.2) is 30.9 Å². The lowest BCUT2D eigenvalue weighted by Gasteiger charge is -2.33. The van der Waals surface area contributed by atoms with Crippen LogP contribution < -0.4 is 21.9 Å². The van der Waals surface area contributed by atoms with E-state index < -0.39 is 5.97 Å². The Balaban J connectivity index is 0.00000176. The number of anilines is 1. The van der Waals surface area contributed by atoms with E-state index in [9.17, 15) is 4.79 Å². The smallest absolute Gasteiger partial charge is 0.358 e. The average molecular weight is 435 g/mol. The average Bonchev–Trinajstić information content (AvgIpc) is 2.64. The van der Waals surface area contributed by atoms with Crippen molar-refractivity contribution in [3.05, 3.63) is 39.0 Å². The van der Waals surface area contributed by atoms with E-state index in [1.54, 1.807) is 13.0 Å². The highest BCUT2D eigenvalue weighted by Crippen LogP contribution is 2.32. The number of hydrogen-bond acceptors (Lipinski definition) is 7. The highest BCUT2D eigenvalue weighted by molar-refractivity contribution is 8.03. The minimum Gasteiger partial charge on any atom is -0.461 e. The highest BCUT2D eigenvalue weighted by atomic mass is 35.5. The minimum atomic E-state index is -0.541. The number of benzene rings is 1. The molecule has 0 aliphatic carbocycles. The fraction of sp³-hybridized carbons (Fsp3) is 0.500. The molecule has 1 aliphatic rings. The molecule has 0 bridgehead atoms. The summed E-state index contributed by atoms with van der Waals surface area (Å²) in [4.78, 5) is 14.0. The van der Waals surface area contributed by atoms with E-state index in [0.29, 0.717) is 20.3 Å². The molecular formula is C18H28Cl2N4O2S. The molecule has 1 aromatic carbocycles. The summed E-state index contributed by atoms with van der Waals surface area (Å²) in [7, 11) is 0. The number of thioether (sulfide) groups is 1. The number of hydrogen-bond donors (Lipinski definition) is 3. The monoisotopic (exact) mass is 434 g/mol. The lowest BCUT2D eigenvalue weighted by molar-refractivity contribution is -0.139. The van der Waals surface area contributed by atoms with Gasteiger partial charge in [-0.25, -0.2) is 4.79 Å². The van der Waals surface area contributed by atoms with Crippen LogP contribution in [0.2, 0.25) is 10.0 Å². The van der Waals surface area contributed by atoms with Gasteiger partial charge in [0.1, 0.15) is 0 Å². The number of esters is 1. The fourth-order valence-electron chi connectivity index (χ4n) is 2.63. The molecule has 0 radical (unpaired) electrons. The van der Waals surface area contributed by atoms with Gasteiger partial charge in [0, 0.05) is 34.1 Å². The van der Waals surface area contributed by atoms with Crippen molar-refractivity contribution in [3.63, 3.8) is 0 Å². The van der Waals surface area contributed by atoms with Gasteiger partial charge in [0.05, 0.1) is 11.6 Å². The maximum Gasteiger partial charge on any atom is 0.358 e. The first-order chi connectivity index (χ1) is 12.9. The molecule has 1 aliphatic heterocycles. The third kappa shape index (κ3) is 7.33. The molecule has 5 N–H and O–H groups in total. The van der Waals surface area contributed by atoms with E-state index in [2.05, 4.69) is 10.3 Å². The molecule has 0 unspecified atom stereocenters. The van der Waals surface area contributed by atoms with Crippen LogP contribution in [0.15, 0.2) is 28.9 Å². The highest BCUT2D eigenvalue weighted by Gasteiger charge is 2.23. The number of nitrogens with two attached hydrogens (primary N) is 2. The lowest BCUT2D eigenvalue weighted by Crippen LogP contribution is -2.36. The Kier molecular flexibility index (Phi) is 10.8. The van der Waals surface area contributed by atoms with Crippen molar-refractivity contribution in [3.8, 4) is 0 Å². The lowest BCUT2D eigenvalue weighted by atomic mass is 10.1. The first-order valence-electron chi connectivity index (χ1n) is 8.95. The number of ether oxygens (including phenoxy) is 1. The van der Waals surface area contributed by atoms with Crippen molar-refractivity contribution in [1.29, 1.82) is 0 Å². The van der Waals surface area contributed by atoms with E-state index in [0.717, 1.165) is 31.6 Å². The summed E-state index contributed by atoms with van der Waals surface area (Å²) in [5.74, 6) is 4.86. The standard InChI is InChI=1S/C16H22Cl2N4O2S.C2H6/c1-2-24-16(23)14(21-20)15(19)25-13-3-5-22(6-4-13)12-8-10(17)7-11(18)9-12;1-2/h7-9,13,21H,2-6,19-20H2,1H3;1-2H3/b15-14+;. The topological polar surface area (TPSA) is 93.6 Å². The summed E-state index contributed by atoms with van der Waals surface area (Å²) >= 11 is 13.6. The first-order valence-corrected chi connectivity index (χ1v) is 10.6. The first kappa shape index (κ1) is 23.8. The van der Waals surface area contributed by atoms with Crippen molar-refractivity contribution >= 4 is 46.6 Å². The SMILES string of the molecule is CC.CCOC(=O)/C(NN)=C(/N)SC1CCN(c2cc(Cl)cc(Cl)c2)CC1. The van der Waals surface area contributed by atoms with Crippen LogP contribution in [0.4, 0.5) is 5.69 Å². The fourth-order valence-corrected chi connectivity index (χ4v) is 4.21. The number of halogens is 2. The predicted molar refractivity (Wildman–Crippen MR) is 116 cm³/mol. The van der Waals surface area contributed by atoms with Crippen LogP contribution in [-0.2, 0) is 9.53 Å². The van der Waals surface area contributed by atoms with E-state index in [4.69, 9.17) is 39.5 Å². The molecular weight excluding hydrogens is 407 g/mol. The molecule has 27 heavy (non-hydrogen) atoms. The molecule has 9 heteroatoms. The van der Waals surface area contributed by atoms with E-state index in [1.165, 1.54) is 11.8 Å². The van der Waals surface area contributed by atoms with Gasteiger partial charge in [-0.15, -0.1) is 11.8 Å². The molecule has 1 saturated heterocycles.